The lowest BCUT2D eigenvalue weighted by atomic mass is 9.95. The molecular weight excluding hydrogens is 522 g/mol. The van der Waals surface area contributed by atoms with E-state index in [-0.39, 0.29) is 0 Å². The van der Waals surface area contributed by atoms with Crippen LogP contribution < -0.4 is 0 Å². The van der Waals surface area contributed by atoms with Crippen LogP contribution in [-0.4, -0.2) is 14.5 Å². The van der Waals surface area contributed by atoms with Gasteiger partial charge >= 0.3 is 0 Å². The van der Waals surface area contributed by atoms with Crippen molar-refractivity contribution in [3.05, 3.63) is 164 Å². The number of hydrogen-bond donors (Lipinski definition) is 0. The van der Waals surface area contributed by atoms with Crippen LogP contribution in [0.25, 0.3) is 72.5 Å². The zero-order valence-corrected chi connectivity index (χ0v) is 23.4. The molecule has 0 aliphatic carbocycles. The lowest BCUT2D eigenvalue weighted by molar-refractivity contribution is 1.10. The van der Waals surface area contributed by atoms with E-state index in [0.717, 1.165) is 61.4 Å². The number of nitrogens with zero attached hydrogens (tertiary/aromatic N) is 3. The van der Waals surface area contributed by atoms with E-state index in [1.807, 2.05) is 18.2 Å². The summed E-state index contributed by atoms with van der Waals surface area (Å²) in [6.07, 6.45) is 0. The van der Waals surface area contributed by atoms with Gasteiger partial charge < -0.3 is 0 Å². The van der Waals surface area contributed by atoms with Crippen molar-refractivity contribution in [1.29, 1.82) is 0 Å². The summed E-state index contributed by atoms with van der Waals surface area (Å²) in [5.41, 5.74) is 11.9. The summed E-state index contributed by atoms with van der Waals surface area (Å²) in [5.74, 6) is 0.926. The molecule has 0 unspecified atom stereocenters. The molecule has 8 rings (SSSR count). The number of hydrogen-bond acceptors (Lipinski definition) is 2. The molecule has 0 radical (unpaired) electrons. The van der Waals surface area contributed by atoms with Crippen molar-refractivity contribution < 1.29 is 0 Å². The maximum atomic E-state index is 5.09. The molecular formula is C40H27N3. The van der Waals surface area contributed by atoms with Gasteiger partial charge in [0.05, 0.1) is 22.2 Å². The van der Waals surface area contributed by atoms with Gasteiger partial charge in [-0.3, -0.25) is 4.57 Å². The normalized spacial score (nSPS) is 11.3. The molecule has 0 fully saturated rings. The molecule has 8 aromatic rings. The van der Waals surface area contributed by atoms with Crippen LogP contribution in [0.1, 0.15) is 0 Å². The van der Waals surface area contributed by atoms with Crippen molar-refractivity contribution in [3.8, 4) is 50.6 Å². The lowest BCUT2D eigenvalue weighted by Crippen LogP contribution is -1.97. The molecule has 0 bridgehead atoms. The van der Waals surface area contributed by atoms with Gasteiger partial charge in [-0.15, -0.1) is 0 Å². The summed E-state index contributed by atoms with van der Waals surface area (Å²) >= 11 is 0. The standard InChI is InChI=1S/C40H27N3/c1-4-12-28(13-5-1)32-24-25-36-35(26-32)34(27-38(41-36)30-14-6-2-7-15-30)29-20-22-31(23-21-29)40-42-37-18-10-11-19-39(37)43(40)33-16-8-3-9-17-33/h1-27H. The van der Waals surface area contributed by atoms with Gasteiger partial charge in [0.15, 0.2) is 0 Å². The van der Waals surface area contributed by atoms with Crippen LogP contribution in [0.4, 0.5) is 0 Å². The van der Waals surface area contributed by atoms with Crippen molar-refractivity contribution in [2.24, 2.45) is 0 Å². The number of para-hydroxylation sites is 3. The third-order valence-electron chi connectivity index (χ3n) is 8.01. The van der Waals surface area contributed by atoms with Gasteiger partial charge in [0.2, 0.25) is 0 Å². The third-order valence-corrected chi connectivity index (χ3v) is 8.01. The molecule has 0 amide bonds. The van der Waals surface area contributed by atoms with Gasteiger partial charge in [0.1, 0.15) is 5.82 Å². The smallest absolute Gasteiger partial charge is 0.145 e. The molecule has 3 nitrogen and oxygen atoms in total. The van der Waals surface area contributed by atoms with Crippen LogP contribution in [0.2, 0.25) is 0 Å². The fourth-order valence-electron chi connectivity index (χ4n) is 5.89. The predicted octanol–water partition coefficient (Wildman–Crippen LogP) is 10.2. The molecule has 0 aliphatic rings. The first kappa shape index (κ1) is 25.0. The first-order valence-electron chi connectivity index (χ1n) is 14.5. The van der Waals surface area contributed by atoms with Crippen molar-refractivity contribution in [2.45, 2.75) is 0 Å². The summed E-state index contributed by atoms with van der Waals surface area (Å²) in [6.45, 7) is 0. The fourth-order valence-corrected chi connectivity index (χ4v) is 5.89. The van der Waals surface area contributed by atoms with E-state index in [0.29, 0.717) is 0 Å². The zero-order chi connectivity index (χ0) is 28.6. The Labute approximate surface area is 250 Å². The van der Waals surface area contributed by atoms with E-state index in [9.17, 15) is 0 Å². The summed E-state index contributed by atoms with van der Waals surface area (Å²) in [7, 11) is 0. The van der Waals surface area contributed by atoms with Gasteiger partial charge in [0.25, 0.3) is 0 Å². The Hall–Kier alpha value is -5.80. The zero-order valence-electron chi connectivity index (χ0n) is 23.4. The van der Waals surface area contributed by atoms with Crippen LogP contribution >= 0.6 is 0 Å². The minimum atomic E-state index is 0.926. The topological polar surface area (TPSA) is 30.7 Å². The number of rotatable bonds is 5. The van der Waals surface area contributed by atoms with Gasteiger partial charge in [-0.25, -0.2) is 9.97 Å². The van der Waals surface area contributed by atoms with E-state index in [1.165, 1.54) is 11.1 Å². The highest BCUT2D eigenvalue weighted by molar-refractivity contribution is 5.99. The Bertz CT molecular complexity index is 2200. The summed E-state index contributed by atoms with van der Waals surface area (Å²) in [4.78, 5) is 10.2. The maximum absolute atomic E-state index is 5.09. The fraction of sp³-hybridized carbons (Fsp3) is 0. The van der Waals surface area contributed by atoms with Crippen LogP contribution in [0.3, 0.4) is 0 Å². The highest BCUT2D eigenvalue weighted by atomic mass is 15.1. The predicted molar refractivity (Wildman–Crippen MR) is 178 cm³/mol. The van der Waals surface area contributed by atoms with E-state index in [4.69, 9.17) is 9.97 Å². The second-order valence-electron chi connectivity index (χ2n) is 10.7. The molecule has 0 saturated heterocycles. The van der Waals surface area contributed by atoms with Crippen LogP contribution in [0.15, 0.2) is 164 Å². The van der Waals surface area contributed by atoms with Crippen molar-refractivity contribution in [1.82, 2.24) is 14.5 Å². The second-order valence-corrected chi connectivity index (χ2v) is 10.7. The summed E-state index contributed by atoms with van der Waals surface area (Å²) in [6, 6.07) is 57.3. The largest absolute Gasteiger partial charge is 0.292 e. The Balaban J connectivity index is 1.29. The number of benzene rings is 6. The molecule has 0 aliphatic heterocycles. The molecule has 2 heterocycles. The summed E-state index contributed by atoms with van der Waals surface area (Å²) in [5, 5.41) is 1.13. The van der Waals surface area contributed by atoms with E-state index < -0.39 is 0 Å². The average molecular weight is 550 g/mol. The lowest BCUT2D eigenvalue weighted by Gasteiger charge is -2.13. The first-order valence-corrected chi connectivity index (χ1v) is 14.5. The van der Waals surface area contributed by atoms with E-state index >= 15 is 0 Å². The molecule has 3 heteroatoms. The first-order chi connectivity index (χ1) is 21.3. The molecule has 0 atom stereocenters. The monoisotopic (exact) mass is 549 g/mol. The van der Waals surface area contributed by atoms with Crippen LogP contribution in [0.5, 0.6) is 0 Å². The van der Waals surface area contributed by atoms with Gasteiger partial charge in [-0.2, -0.15) is 0 Å². The highest BCUT2D eigenvalue weighted by Crippen LogP contribution is 2.36. The van der Waals surface area contributed by atoms with Gasteiger partial charge in [0, 0.05) is 22.2 Å². The van der Waals surface area contributed by atoms with E-state index in [2.05, 4.69) is 150 Å². The second kappa shape index (κ2) is 10.6. The van der Waals surface area contributed by atoms with Crippen molar-refractivity contribution in [3.63, 3.8) is 0 Å². The van der Waals surface area contributed by atoms with Gasteiger partial charge in [-0.1, -0.05) is 121 Å². The number of imidazole rings is 1. The highest BCUT2D eigenvalue weighted by Gasteiger charge is 2.16. The molecule has 0 saturated carbocycles. The summed E-state index contributed by atoms with van der Waals surface area (Å²) < 4.78 is 2.24. The molecule has 6 aromatic carbocycles. The SMILES string of the molecule is c1ccc(-c2ccc3nc(-c4ccccc4)cc(-c4ccc(-c5nc6ccccc6n5-c5ccccc5)cc4)c3c2)cc1. The third kappa shape index (κ3) is 4.58. The van der Waals surface area contributed by atoms with Crippen LogP contribution in [0, 0.1) is 0 Å². The maximum Gasteiger partial charge on any atom is 0.145 e. The minimum Gasteiger partial charge on any atom is -0.292 e. The van der Waals surface area contributed by atoms with Crippen molar-refractivity contribution in [2.75, 3.05) is 0 Å². The quantitative estimate of drug-likeness (QED) is 0.214. The van der Waals surface area contributed by atoms with E-state index in [1.54, 1.807) is 0 Å². The Morgan fingerprint density at radius 2 is 1.00 bits per heavy atom. The molecule has 0 spiro atoms. The Morgan fingerprint density at radius 3 is 1.74 bits per heavy atom. The molecule has 2 aromatic heterocycles. The Kier molecular flexibility index (Phi) is 6.12. The van der Waals surface area contributed by atoms with Gasteiger partial charge in [-0.05, 0) is 64.7 Å². The molecule has 43 heavy (non-hydrogen) atoms. The number of pyridine rings is 1. The average Bonchev–Trinajstić information content (AvgIpc) is 3.48. The van der Waals surface area contributed by atoms with Crippen molar-refractivity contribution >= 4 is 21.9 Å². The molecule has 0 N–H and O–H groups in total. The minimum absolute atomic E-state index is 0.926. The van der Waals surface area contributed by atoms with Crippen LogP contribution in [-0.2, 0) is 0 Å². The number of aromatic nitrogens is 3. The molecule has 202 valence electrons. The number of fused-ring (bicyclic) bond motifs is 2. The Morgan fingerprint density at radius 1 is 0.395 bits per heavy atom.